The van der Waals surface area contributed by atoms with Crippen molar-refractivity contribution in [1.29, 1.82) is 5.26 Å². The van der Waals surface area contributed by atoms with Crippen LogP contribution in [0.1, 0.15) is 34.3 Å². The van der Waals surface area contributed by atoms with Crippen LogP contribution in [0.4, 0.5) is 10.3 Å². The third kappa shape index (κ3) is 4.84. The number of nitrogens with zero attached hydrogens (tertiary/aromatic N) is 4. The number of amides is 1. The minimum atomic E-state index is -0.256. The Morgan fingerprint density at radius 2 is 2.07 bits per heavy atom. The van der Waals surface area contributed by atoms with Crippen molar-refractivity contribution >= 4 is 49.1 Å². The number of nitrogens with one attached hydrogen (secondary N) is 2. The molecule has 0 aliphatic carbocycles. The summed E-state index contributed by atoms with van der Waals surface area (Å²) >= 11 is 2.87. The Morgan fingerprint density at radius 1 is 1.25 bits per heavy atom. The summed E-state index contributed by atoms with van der Waals surface area (Å²) in [5.41, 5.74) is 1.78. The minimum Gasteiger partial charge on any atom is -0.361 e. The van der Waals surface area contributed by atoms with Crippen LogP contribution in [-0.4, -0.2) is 48.0 Å². The number of hydrogen-bond donors (Lipinski definition) is 2. The molecule has 2 heterocycles. The highest BCUT2D eigenvalue weighted by atomic mass is 32.1. The zero-order valence-electron chi connectivity index (χ0n) is 16.1. The SMILES string of the molecule is CCc1sc(NCCCN(C)C)nc1C(=O)Nc1nc2ccc(C#N)cc2s1. The van der Waals surface area contributed by atoms with E-state index in [9.17, 15) is 4.79 Å². The second kappa shape index (κ2) is 9.10. The van der Waals surface area contributed by atoms with Crippen molar-refractivity contribution in [3.63, 3.8) is 0 Å². The van der Waals surface area contributed by atoms with Crippen LogP contribution in [-0.2, 0) is 6.42 Å². The van der Waals surface area contributed by atoms with E-state index in [4.69, 9.17) is 5.26 Å². The van der Waals surface area contributed by atoms with Gasteiger partial charge in [0.05, 0.1) is 21.8 Å². The van der Waals surface area contributed by atoms with Gasteiger partial charge in [-0.3, -0.25) is 10.1 Å². The number of aromatic nitrogens is 2. The summed E-state index contributed by atoms with van der Waals surface area (Å²) in [7, 11) is 4.09. The summed E-state index contributed by atoms with van der Waals surface area (Å²) in [5.74, 6) is -0.256. The van der Waals surface area contributed by atoms with E-state index in [-0.39, 0.29) is 5.91 Å². The molecule has 7 nitrogen and oxygen atoms in total. The van der Waals surface area contributed by atoms with E-state index in [1.54, 1.807) is 18.2 Å². The van der Waals surface area contributed by atoms with Gasteiger partial charge in [-0.1, -0.05) is 18.3 Å². The number of anilines is 2. The van der Waals surface area contributed by atoms with Gasteiger partial charge < -0.3 is 10.2 Å². The molecule has 2 N–H and O–H groups in total. The maximum Gasteiger partial charge on any atom is 0.277 e. The Morgan fingerprint density at radius 3 is 2.79 bits per heavy atom. The lowest BCUT2D eigenvalue weighted by Gasteiger charge is -2.08. The van der Waals surface area contributed by atoms with E-state index < -0.39 is 0 Å². The van der Waals surface area contributed by atoms with Gasteiger partial charge in [-0.25, -0.2) is 9.97 Å². The molecule has 0 radical (unpaired) electrons. The van der Waals surface area contributed by atoms with E-state index in [0.29, 0.717) is 16.4 Å². The Balaban J connectivity index is 1.70. The monoisotopic (exact) mass is 414 g/mol. The smallest absolute Gasteiger partial charge is 0.277 e. The summed E-state index contributed by atoms with van der Waals surface area (Å²) in [6.07, 6.45) is 1.75. The zero-order chi connectivity index (χ0) is 20.1. The summed E-state index contributed by atoms with van der Waals surface area (Å²) in [4.78, 5) is 24.7. The van der Waals surface area contributed by atoms with Crippen molar-refractivity contribution in [3.05, 3.63) is 34.3 Å². The van der Waals surface area contributed by atoms with Crippen LogP contribution in [0, 0.1) is 11.3 Å². The van der Waals surface area contributed by atoms with Crippen LogP contribution in [0.2, 0.25) is 0 Å². The molecule has 0 spiro atoms. The summed E-state index contributed by atoms with van der Waals surface area (Å²) in [5, 5.41) is 16.4. The zero-order valence-corrected chi connectivity index (χ0v) is 17.7. The van der Waals surface area contributed by atoms with E-state index in [0.717, 1.165) is 46.2 Å². The first kappa shape index (κ1) is 20.2. The van der Waals surface area contributed by atoms with Gasteiger partial charge in [0, 0.05) is 11.4 Å². The number of hydrogen-bond acceptors (Lipinski definition) is 8. The molecule has 0 saturated heterocycles. The van der Waals surface area contributed by atoms with Crippen molar-refractivity contribution in [3.8, 4) is 6.07 Å². The first-order valence-electron chi connectivity index (χ1n) is 9.00. The van der Waals surface area contributed by atoms with Crippen molar-refractivity contribution < 1.29 is 4.79 Å². The predicted molar refractivity (Wildman–Crippen MR) is 115 cm³/mol. The van der Waals surface area contributed by atoms with Crippen LogP contribution in [0.15, 0.2) is 18.2 Å². The highest BCUT2D eigenvalue weighted by molar-refractivity contribution is 7.22. The lowest BCUT2D eigenvalue weighted by Crippen LogP contribution is -2.16. The number of nitriles is 1. The highest BCUT2D eigenvalue weighted by Crippen LogP contribution is 2.28. The quantitative estimate of drug-likeness (QED) is 0.545. The minimum absolute atomic E-state index is 0.256. The van der Waals surface area contributed by atoms with E-state index >= 15 is 0 Å². The first-order chi connectivity index (χ1) is 13.5. The second-order valence-corrected chi connectivity index (χ2v) is 8.61. The number of fused-ring (bicyclic) bond motifs is 1. The van der Waals surface area contributed by atoms with Crippen LogP contribution in [0.3, 0.4) is 0 Å². The van der Waals surface area contributed by atoms with Crippen molar-refractivity contribution in [1.82, 2.24) is 14.9 Å². The average molecular weight is 415 g/mol. The molecular weight excluding hydrogens is 392 g/mol. The van der Waals surface area contributed by atoms with Crippen molar-refractivity contribution in [2.75, 3.05) is 37.8 Å². The molecule has 3 aromatic rings. The average Bonchev–Trinajstić information content (AvgIpc) is 3.27. The van der Waals surface area contributed by atoms with Gasteiger partial charge in [-0.2, -0.15) is 5.26 Å². The van der Waals surface area contributed by atoms with Crippen LogP contribution in [0.25, 0.3) is 10.2 Å². The molecule has 0 aliphatic heterocycles. The summed E-state index contributed by atoms with van der Waals surface area (Å²) in [6.45, 7) is 3.83. The van der Waals surface area contributed by atoms with Crippen molar-refractivity contribution in [2.24, 2.45) is 0 Å². The Kier molecular flexibility index (Phi) is 6.57. The lowest BCUT2D eigenvalue weighted by atomic mass is 10.2. The number of carbonyl (C=O) groups is 1. The van der Waals surface area contributed by atoms with Gasteiger partial charge in [-0.15, -0.1) is 11.3 Å². The van der Waals surface area contributed by atoms with Crippen molar-refractivity contribution in [2.45, 2.75) is 19.8 Å². The van der Waals surface area contributed by atoms with Crippen LogP contribution < -0.4 is 10.6 Å². The number of carbonyl (C=O) groups excluding carboxylic acids is 1. The maximum atomic E-state index is 12.7. The molecule has 3 rings (SSSR count). The fourth-order valence-electron chi connectivity index (χ4n) is 2.64. The number of aryl methyl sites for hydroxylation is 1. The van der Waals surface area contributed by atoms with Gasteiger partial charge in [0.25, 0.3) is 5.91 Å². The molecule has 0 bridgehead atoms. The summed E-state index contributed by atoms with van der Waals surface area (Å²) < 4.78 is 0.867. The Bertz CT molecular complexity index is 1020. The lowest BCUT2D eigenvalue weighted by molar-refractivity contribution is 0.102. The third-order valence-corrected chi connectivity index (χ3v) is 6.12. The molecule has 0 fully saturated rings. The normalized spacial score (nSPS) is 11.0. The molecule has 0 unspecified atom stereocenters. The second-order valence-electron chi connectivity index (χ2n) is 6.50. The largest absolute Gasteiger partial charge is 0.361 e. The molecule has 2 aromatic heterocycles. The van der Waals surface area contributed by atoms with Gasteiger partial charge in [-0.05, 0) is 51.7 Å². The number of thiazole rings is 2. The third-order valence-electron chi connectivity index (χ3n) is 4.03. The molecular formula is C19H22N6OS2. The van der Waals surface area contributed by atoms with Crippen LogP contribution in [0.5, 0.6) is 0 Å². The molecule has 1 amide bonds. The molecule has 9 heteroatoms. The number of rotatable bonds is 8. The van der Waals surface area contributed by atoms with Gasteiger partial charge in [0.1, 0.15) is 5.69 Å². The molecule has 0 aliphatic rings. The van der Waals surface area contributed by atoms with Gasteiger partial charge in [0.2, 0.25) is 0 Å². The number of benzene rings is 1. The Hall–Kier alpha value is -2.54. The van der Waals surface area contributed by atoms with E-state index in [2.05, 4.69) is 31.6 Å². The van der Waals surface area contributed by atoms with E-state index in [1.807, 2.05) is 21.0 Å². The Labute approximate surface area is 172 Å². The standard InChI is InChI=1S/C19H22N6OS2/c1-4-14-16(23-18(27-14)21-8-5-9-25(2)3)17(26)24-19-22-13-7-6-12(11-20)10-15(13)28-19/h6-7,10H,4-5,8-9H2,1-3H3,(H,21,23)(H,22,24,26). The maximum absolute atomic E-state index is 12.7. The van der Waals surface area contributed by atoms with Crippen LogP contribution >= 0.6 is 22.7 Å². The molecule has 0 saturated carbocycles. The topological polar surface area (TPSA) is 93.9 Å². The summed E-state index contributed by atoms with van der Waals surface area (Å²) in [6, 6.07) is 7.40. The van der Waals surface area contributed by atoms with Gasteiger partial charge in [0.15, 0.2) is 10.3 Å². The predicted octanol–water partition coefficient (Wildman–Crippen LogP) is 3.80. The molecule has 1 aromatic carbocycles. The molecule has 0 atom stereocenters. The fourth-order valence-corrected chi connectivity index (χ4v) is 4.46. The fraction of sp³-hybridized carbons (Fsp3) is 0.368. The van der Waals surface area contributed by atoms with E-state index in [1.165, 1.54) is 22.7 Å². The molecule has 146 valence electrons. The first-order valence-corrected chi connectivity index (χ1v) is 10.6. The van der Waals surface area contributed by atoms with Gasteiger partial charge >= 0.3 is 0 Å². The molecule has 28 heavy (non-hydrogen) atoms. The highest BCUT2D eigenvalue weighted by Gasteiger charge is 2.18.